The van der Waals surface area contributed by atoms with Crippen LogP contribution in [0.5, 0.6) is 0 Å². The molecule has 4 heteroatoms. The molecule has 1 atom stereocenters. The summed E-state index contributed by atoms with van der Waals surface area (Å²) in [6.45, 7) is 1.43. The number of hydrogen-bond donors (Lipinski definition) is 1. The van der Waals surface area contributed by atoms with Crippen LogP contribution in [-0.2, 0) is 6.42 Å². The third kappa shape index (κ3) is 2.73. The van der Waals surface area contributed by atoms with Crippen molar-refractivity contribution >= 4 is 0 Å². The summed E-state index contributed by atoms with van der Waals surface area (Å²) in [5, 5.41) is 0. The number of nitrogens with two attached hydrogens (primary N) is 1. The Morgan fingerprint density at radius 1 is 1.50 bits per heavy atom. The molecule has 14 heavy (non-hydrogen) atoms. The Morgan fingerprint density at radius 2 is 2.21 bits per heavy atom. The fourth-order valence-corrected chi connectivity index (χ4v) is 1.16. The summed E-state index contributed by atoms with van der Waals surface area (Å²) in [4.78, 5) is 3.95. The van der Waals surface area contributed by atoms with Crippen molar-refractivity contribution in [3.63, 3.8) is 0 Å². The molecule has 0 aliphatic heterocycles. The summed E-state index contributed by atoms with van der Waals surface area (Å²) in [6.07, 6.45) is 1.45. The first-order chi connectivity index (χ1) is 6.56. The Labute approximate surface area is 82.1 Å². The van der Waals surface area contributed by atoms with E-state index in [1.54, 1.807) is 24.4 Å². The van der Waals surface area contributed by atoms with Gasteiger partial charge in [-0.15, -0.1) is 0 Å². The molecule has 0 fully saturated rings. The van der Waals surface area contributed by atoms with E-state index < -0.39 is 12.0 Å². The molecule has 2 nitrogen and oxygen atoms in total. The smallest absolute Gasteiger partial charge is 0.263 e. The van der Waals surface area contributed by atoms with E-state index in [2.05, 4.69) is 4.98 Å². The molecule has 0 radical (unpaired) electrons. The number of hydrogen-bond acceptors (Lipinski definition) is 2. The lowest BCUT2D eigenvalue weighted by Crippen LogP contribution is -2.42. The highest BCUT2D eigenvalue weighted by atomic mass is 19.3. The average Bonchev–Trinajstić information content (AvgIpc) is 2.19. The van der Waals surface area contributed by atoms with E-state index in [1.807, 2.05) is 0 Å². The summed E-state index contributed by atoms with van der Waals surface area (Å²) in [5.74, 6) is -2.81. The molecule has 0 saturated carbocycles. The highest BCUT2D eigenvalue weighted by Crippen LogP contribution is 2.23. The van der Waals surface area contributed by atoms with Gasteiger partial charge in [0.2, 0.25) is 0 Å². The lowest BCUT2D eigenvalue weighted by molar-refractivity contribution is -0.0286. The molecule has 0 saturated heterocycles. The van der Waals surface area contributed by atoms with Crippen LogP contribution in [0, 0.1) is 0 Å². The quantitative estimate of drug-likeness (QED) is 0.807. The first-order valence-corrected chi connectivity index (χ1v) is 4.59. The molecule has 1 aromatic rings. The highest BCUT2D eigenvalue weighted by Gasteiger charge is 2.34. The van der Waals surface area contributed by atoms with Crippen LogP contribution in [0.2, 0.25) is 0 Å². The van der Waals surface area contributed by atoms with E-state index in [0.717, 1.165) is 0 Å². The maximum Gasteiger partial charge on any atom is 0.263 e. The molecular formula is C10H14F2N2. The monoisotopic (exact) mass is 200 g/mol. The van der Waals surface area contributed by atoms with Gasteiger partial charge in [-0.3, -0.25) is 4.98 Å². The van der Waals surface area contributed by atoms with Crippen molar-refractivity contribution in [2.75, 3.05) is 0 Å². The van der Waals surface area contributed by atoms with Gasteiger partial charge >= 0.3 is 0 Å². The third-order valence-corrected chi connectivity index (χ3v) is 2.17. The molecule has 0 unspecified atom stereocenters. The molecule has 1 heterocycles. The maximum absolute atomic E-state index is 13.1. The second-order valence-corrected chi connectivity index (χ2v) is 3.25. The maximum atomic E-state index is 13.1. The first kappa shape index (κ1) is 11.0. The molecule has 0 bridgehead atoms. The van der Waals surface area contributed by atoms with Crippen molar-refractivity contribution in [2.45, 2.75) is 31.7 Å². The van der Waals surface area contributed by atoms with Crippen LogP contribution < -0.4 is 5.73 Å². The standard InChI is InChI=1S/C10H14F2N2/c1-2-10(11,12)9(13)7-8-5-3-4-6-14-8/h3-6,9H,2,7,13H2,1H3/t9-/m1/s1. The predicted molar refractivity (Wildman–Crippen MR) is 51.2 cm³/mol. The van der Waals surface area contributed by atoms with Crippen molar-refractivity contribution < 1.29 is 8.78 Å². The van der Waals surface area contributed by atoms with Gasteiger partial charge in [-0.1, -0.05) is 13.0 Å². The van der Waals surface area contributed by atoms with E-state index >= 15 is 0 Å². The number of aromatic nitrogens is 1. The van der Waals surface area contributed by atoms with Gasteiger partial charge < -0.3 is 5.73 Å². The van der Waals surface area contributed by atoms with Crippen molar-refractivity contribution in [2.24, 2.45) is 5.73 Å². The molecule has 0 aliphatic carbocycles. The number of halogens is 2. The van der Waals surface area contributed by atoms with Gasteiger partial charge in [-0.25, -0.2) is 8.78 Å². The van der Waals surface area contributed by atoms with Gasteiger partial charge in [0, 0.05) is 24.7 Å². The number of alkyl halides is 2. The highest BCUT2D eigenvalue weighted by molar-refractivity contribution is 5.06. The molecule has 0 spiro atoms. The molecule has 0 amide bonds. The summed E-state index contributed by atoms with van der Waals surface area (Å²) in [6, 6.07) is 4.06. The van der Waals surface area contributed by atoms with Crippen molar-refractivity contribution in [1.82, 2.24) is 4.98 Å². The molecule has 78 valence electrons. The zero-order chi connectivity index (χ0) is 10.6. The molecular weight excluding hydrogens is 186 g/mol. The van der Waals surface area contributed by atoms with Crippen LogP contribution in [-0.4, -0.2) is 16.9 Å². The Morgan fingerprint density at radius 3 is 2.71 bits per heavy atom. The number of nitrogens with zero attached hydrogens (tertiary/aromatic N) is 1. The van der Waals surface area contributed by atoms with Crippen LogP contribution in [0.3, 0.4) is 0 Å². The van der Waals surface area contributed by atoms with E-state index in [4.69, 9.17) is 5.73 Å². The number of pyridine rings is 1. The second-order valence-electron chi connectivity index (χ2n) is 3.25. The van der Waals surface area contributed by atoms with Gasteiger partial charge in [-0.2, -0.15) is 0 Å². The second kappa shape index (κ2) is 4.46. The van der Waals surface area contributed by atoms with Crippen LogP contribution >= 0.6 is 0 Å². The SMILES string of the molecule is CCC(F)(F)[C@H](N)Cc1ccccn1. The van der Waals surface area contributed by atoms with E-state index in [1.165, 1.54) is 6.92 Å². The third-order valence-electron chi connectivity index (χ3n) is 2.17. The average molecular weight is 200 g/mol. The minimum Gasteiger partial charge on any atom is -0.322 e. The first-order valence-electron chi connectivity index (χ1n) is 4.59. The Kier molecular flexibility index (Phi) is 3.52. The Hall–Kier alpha value is -1.03. The largest absolute Gasteiger partial charge is 0.322 e. The zero-order valence-corrected chi connectivity index (χ0v) is 8.08. The minimum atomic E-state index is -2.81. The molecule has 1 aromatic heterocycles. The van der Waals surface area contributed by atoms with Crippen LogP contribution in [0.25, 0.3) is 0 Å². The lowest BCUT2D eigenvalue weighted by atomic mass is 10.0. The summed E-state index contributed by atoms with van der Waals surface area (Å²) in [7, 11) is 0. The van der Waals surface area contributed by atoms with Crippen molar-refractivity contribution in [3.8, 4) is 0 Å². The van der Waals surface area contributed by atoms with Crippen molar-refractivity contribution in [3.05, 3.63) is 30.1 Å². The van der Waals surface area contributed by atoms with Crippen LogP contribution in [0.4, 0.5) is 8.78 Å². The topological polar surface area (TPSA) is 38.9 Å². The lowest BCUT2D eigenvalue weighted by Gasteiger charge is -2.21. The van der Waals surface area contributed by atoms with Gasteiger partial charge in [0.25, 0.3) is 5.92 Å². The summed E-state index contributed by atoms with van der Waals surface area (Å²) < 4.78 is 26.2. The van der Waals surface area contributed by atoms with Crippen molar-refractivity contribution in [1.29, 1.82) is 0 Å². The van der Waals surface area contributed by atoms with Crippen LogP contribution in [0.15, 0.2) is 24.4 Å². The molecule has 0 aromatic carbocycles. The minimum absolute atomic E-state index is 0.113. The fourth-order valence-electron chi connectivity index (χ4n) is 1.16. The zero-order valence-electron chi connectivity index (χ0n) is 8.08. The van der Waals surface area contributed by atoms with Gasteiger partial charge in [-0.05, 0) is 12.1 Å². The fraction of sp³-hybridized carbons (Fsp3) is 0.500. The Bertz CT molecular complexity index is 275. The van der Waals surface area contributed by atoms with Gasteiger partial charge in [0.15, 0.2) is 0 Å². The summed E-state index contributed by atoms with van der Waals surface area (Å²) in [5.41, 5.74) is 6.01. The van der Waals surface area contributed by atoms with E-state index in [9.17, 15) is 8.78 Å². The van der Waals surface area contributed by atoms with E-state index in [-0.39, 0.29) is 12.8 Å². The van der Waals surface area contributed by atoms with Gasteiger partial charge in [0.05, 0.1) is 6.04 Å². The van der Waals surface area contributed by atoms with Crippen LogP contribution in [0.1, 0.15) is 19.0 Å². The van der Waals surface area contributed by atoms with Gasteiger partial charge in [0.1, 0.15) is 0 Å². The van der Waals surface area contributed by atoms with E-state index in [0.29, 0.717) is 5.69 Å². The normalized spacial score (nSPS) is 14.0. The number of rotatable bonds is 4. The predicted octanol–water partition coefficient (Wildman–Crippen LogP) is 2.00. The molecule has 0 aliphatic rings. The molecule has 1 rings (SSSR count). The Balaban J connectivity index is 2.62. The molecule has 2 N–H and O–H groups in total. The summed E-state index contributed by atoms with van der Waals surface area (Å²) >= 11 is 0.